The van der Waals surface area contributed by atoms with Crippen LogP contribution >= 0.6 is 11.6 Å². The lowest BCUT2D eigenvalue weighted by Gasteiger charge is -2.27. The van der Waals surface area contributed by atoms with Crippen LogP contribution in [0.3, 0.4) is 0 Å². The zero-order valence-electron chi connectivity index (χ0n) is 12.5. The van der Waals surface area contributed by atoms with Crippen molar-refractivity contribution >= 4 is 17.5 Å². The van der Waals surface area contributed by atoms with Crippen LogP contribution in [0.15, 0.2) is 18.2 Å². The van der Waals surface area contributed by atoms with Crippen molar-refractivity contribution in [2.45, 2.75) is 32.7 Å². The summed E-state index contributed by atoms with van der Waals surface area (Å²) in [6.45, 7) is 6.35. The maximum atomic E-state index is 14.0. The number of nitrogens with zero attached hydrogens (tertiary/aromatic N) is 1. The van der Waals surface area contributed by atoms with Crippen LogP contribution in [-0.2, 0) is 0 Å². The highest BCUT2D eigenvalue weighted by Crippen LogP contribution is 2.18. The van der Waals surface area contributed by atoms with Crippen molar-refractivity contribution in [2.75, 3.05) is 19.6 Å². The van der Waals surface area contributed by atoms with Crippen LogP contribution in [0.25, 0.3) is 0 Å². The molecule has 1 N–H and O–H groups in total. The van der Waals surface area contributed by atoms with Crippen molar-refractivity contribution in [2.24, 2.45) is 5.92 Å². The molecule has 1 aliphatic heterocycles. The molecule has 1 amide bonds. The van der Waals surface area contributed by atoms with Gasteiger partial charge in [-0.25, -0.2) is 4.39 Å². The third-order valence-electron chi connectivity index (χ3n) is 3.64. The second-order valence-corrected chi connectivity index (χ2v) is 6.46. The van der Waals surface area contributed by atoms with E-state index in [-0.39, 0.29) is 11.5 Å². The van der Waals surface area contributed by atoms with E-state index in [2.05, 4.69) is 19.2 Å². The van der Waals surface area contributed by atoms with Gasteiger partial charge in [-0.1, -0.05) is 25.4 Å². The Morgan fingerprint density at radius 1 is 1.52 bits per heavy atom. The van der Waals surface area contributed by atoms with Crippen LogP contribution < -0.4 is 5.32 Å². The summed E-state index contributed by atoms with van der Waals surface area (Å²) < 4.78 is 14.0. The maximum absolute atomic E-state index is 14.0. The van der Waals surface area contributed by atoms with Crippen LogP contribution in [-0.4, -0.2) is 36.5 Å². The normalized spacial score (nSPS) is 18.2. The van der Waals surface area contributed by atoms with Crippen molar-refractivity contribution < 1.29 is 9.18 Å². The number of halogens is 2. The highest BCUT2D eigenvalue weighted by Gasteiger charge is 2.24. The summed E-state index contributed by atoms with van der Waals surface area (Å²) in [5.41, 5.74) is 0.0954. The quantitative estimate of drug-likeness (QED) is 0.904. The van der Waals surface area contributed by atoms with E-state index in [1.807, 2.05) is 0 Å². The lowest BCUT2D eigenvalue weighted by Crippen LogP contribution is -2.43. The van der Waals surface area contributed by atoms with E-state index in [1.54, 1.807) is 11.0 Å². The van der Waals surface area contributed by atoms with E-state index in [9.17, 15) is 9.18 Å². The monoisotopic (exact) mass is 312 g/mol. The Bertz CT molecular complexity index is 501. The first-order valence-corrected chi connectivity index (χ1v) is 7.83. The molecule has 1 aliphatic rings. The molecule has 0 spiro atoms. The average Bonchev–Trinajstić information content (AvgIpc) is 2.89. The summed E-state index contributed by atoms with van der Waals surface area (Å²) in [5, 5.41) is 3.68. The molecule has 0 aromatic heterocycles. The molecule has 1 heterocycles. The summed E-state index contributed by atoms with van der Waals surface area (Å²) in [5.74, 6) is -0.474. The molecule has 2 rings (SSSR count). The molecule has 0 radical (unpaired) electrons. The van der Waals surface area contributed by atoms with Crippen molar-refractivity contribution in [3.05, 3.63) is 34.6 Å². The largest absolute Gasteiger partial charge is 0.337 e. The smallest absolute Gasteiger partial charge is 0.256 e. The molecule has 0 bridgehead atoms. The summed E-state index contributed by atoms with van der Waals surface area (Å²) in [6, 6.07) is 4.52. The number of hydrogen-bond acceptors (Lipinski definition) is 2. The third-order valence-corrected chi connectivity index (χ3v) is 3.87. The van der Waals surface area contributed by atoms with Crippen molar-refractivity contribution in [3.63, 3.8) is 0 Å². The van der Waals surface area contributed by atoms with Gasteiger partial charge in [0.25, 0.3) is 5.91 Å². The van der Waals surface area contributed by atoms with E-state index in [4.69, 9.17) is 11.6 Å². The molecule has 1 aromatic rings. The number of benzene rings is 1. The van der Waals surface area contributed by atoms with Gasteiger partial charge in [0.2, 0.25) is 0 Å². The molecule has 1 aromatic carbocycles. The molecular formula is C16H22ClFN2O. The second-order valence-electron chi connectivity index (χ2n) is 6.02. The molecule has 3 nitrogen and oxygen atoms in total. The molecule has 1 atom stereocenters. The Hall–Kier alpha value is -1.13. The van der Waals surface area contributed by atoms with Crippen molar-refractivity contribution in [1.29, 1.82) is 0 Å². The molecule has 116 valence electrons. The fraction of sp³-hybridized carbons (Fsp3) is 0.562. The molecule has 1 fully saturated rings. The molecule has 1 unspecified atom stereocenters. The topological polar surface area (TPSA) is 32.3 Å². The van der Waals surface area contributed by atoms with E-state index in [1.165, 1.54) is 12.1 Å². The highest BCUT2D eigenvalue weighted by molar-refractivity contribution is 6.30. The predicted octanol–water partition coefficient (Wildman–Crippen LogP) is 3.33. The van der Waals surface area contributed by atoms with Gasteiger partial charge in [-0.05, 0) is 43.5 Å². The standard InChI is InChI=1S/C16H22ClFN2O/c1-11(2)9-20(10-13-4-3-7-19-13)16(21)14-6-5-12(17)8-15(14)18/h5-6,8,11,13,19H,3-4,7,9-10H2,1-2H3. The number of hydrogen-bond donors (Lipinski definition) is 1. The summed E-state index contributed by atoms with van der Waals surface area (Å²) in [4.78, 5) is 14.4. The second kappa shape index (κ2) is 7.23. The van der Waals surface area contributed by atoms with Crippen molar-refractivity contribution in [3.8, 4) is 0 Å². The lowest BCUT2D eigenvalue weighted by molar-refractivity contribution is 0.0716. The van der Waals surface area contributed by atoms with Crippen molar-refractivity contribution in [1.82, 2.24) is 10.2 Å². The molecular weight excluding hydrogens is 291 g/mol. The van der Waals surface area contributed by atoms with Gasteiger partial charge in [-0.2, -0.15) is 0 Å². The fourth-order valence-corrected chi connectivity index (χ4v) is 2.85. The Balaban J connectivity index is 2.15. The number of carbonyl (C=O) groups is 1. The van der Waals surface area contributed by atoms with Gasteiger partial charge in [0, 0.05) is 24.2 Å². The minimum atomic E-state index is -0.555. The Labute approximate surface area is 130 Å². The molecule has 0 aliphatic carbocycles. The number of amides is 1. The van der Waals surface area contributed by atoms with Crippen LogP contribution in [0.5, 0.6) is 0 Å². The predicted molar refractivity (Wildman–Crippen MR) is 83.2 cm³/mol. The first-order chi connectivity index (χ1) is 9.97. The lowest BCUT2D eigenvalue weighted by atomic mass is 10.1. The summed E-state index contributed by atoms with van der Waals surface area (Å²) >= 11 is 5.75. The summed E-state index contributed by atoms with van der Waals surface area (Å²) in [6.07, 6.45) is 2.19. The zero-order chi connectivity index (χ0) is 15.4. The minimum absolute atomic E-state index is 0.0954. The molecule has 5 heteroatoms. The molecule has 1 saturated heterocycles. The van der Waals surface area contributed by atoms with Crippen LogP contribution in [0.4, 0.5) is 4.39 Å². The highest BCUT2D eigenvalue weighted by atomic mass is 35.5. The minimum Gasteiger partial charge on any atom is -0.337 e. The first-order valence-electron chi connectivity index (χ1n) is 7.45. The molecule has 21 heavy (non-hydrogen) atoms. The Morgan fingerprint density at radius 3 is 2.86 bits per heavy atom. The van der Waals surface area contributed by atoms with Gasteiger partial charge in [-0.15, -0.1) is 0 Å². The maximum Gasteiger partial charge on any atom is 0.256 e. The number of rotatable bonds is 5. The van der Waals surface area contributed by atoms with Gasteiger partial charge in [0.1, 0.15) is 5.82 Å². The van der Waals surface area contributed by atoms with E-state index >= 15 is 0 Å². The number of carbonyl (C=O) groups excluding carboxylic acids is 1. The van der Waals surface area contributed by atoms with Crippen LogP contribution in [0, 0.1) is 11.7 Å². The summed E-state index contributed by atoms with van der Waals surface area (Å²) in [7, 11) is 0. The van der Waals surface area contributed by atoms with E-state index in [0.29, 0.717) is 30.1 Å². The van der Waals surface area contributed by atoms with Crippen LogP contribution in [0.2, 0.25) is 5.02 Å². The van der Waals surface area contributed by atoms with Crippen LogP contribution in [0.1, 0.15) is 37.0 Å². The Morgan fingerprint density at radius 2 is 2.29 bits per heavy atom. The molecule has 0 saturated carbocycles. The van der Waals surface area contributed by atoms with E-state index in [0.717, 1.165) is 19.4 Å². The average molecular weight is 313 g/mol. The Kier molecular flexibility index (Phi) is 5.59. The van der Waals surface area contributed by atoms with Gasteiger partial charge in [0.05, 0.1) is 5.56 Å². The third kappa shape index (κ3) is 4.42. The number of nitrogens with one attached hydrogen (secondary N) is 1. The first kappa shape index (κ1) is 16.2. The fourth-order valence-electron chi connectivity index (χ4n) is 2.69. The van der Waals surface area contributed by atoms with Gasteiger partial charge >= 0.3 is 0 Å². The zero-order valence-corrected chi connectivity index (χ0v) is 13.3. The van der Waals surface area contributed by atoms with Gasteiger partial charge in [-0.3, -0.25) is 4.79 Å². The van der Waals surface area contributed by atoms with E-state index < -0.39 is 5.82 Å². The SMILES string of the molecule is CC(C)CN(CC1CCCN1)C(=O)c1ccc(Cl)cc1F. The van der Waals surface area contributed by atoms with Gasteiger partial charge < -0.3 is 10.2 Å². The van der Waals surface area contributed by atoms with Gasteiger partial charge in [0.15, 0.2) is 0 Å².